The van der Waals surface area contributed by atoms with Crippen molar-refractivity contribution >= 4 is 29.9 Å². The van der Waals surface area contributed by atoms with Crippen LogP contribution in [0.2, 0.25) is 0 Å². The molecule has 0 radical (unpaired) electrons. The van der Waals surface area contributed by atoms with E-state index in [9.17, 15) is 0 Å². The summed E-state index contributed by atoms with van der Waals surface area (Å²) < 4.78 is 10.6. The van der Waals surface area contributed by atoms with Gasteiger partial charge in [-0.2, -0.15) is 0 Å². The molecule has 0 aliphatic rings. The molecule has 2 aromatic rings. The van der Waals surface area contributed by atoms with Crippen molar-refractivity contribution in [2.45, 2.75) is 19.7 Å². The first-order valence-corrected chi connectivity index (χ1v) is 8.28. The van der Waals surface area contributed by atoms with Gasteiger partial charge in [-0.05, 0) is 17.2 Å². The molecule has 0 unspecified atom stereocenters. The SMILES string of the molecule is CN=C(NCc1ccc(COC)cc1)N(C)Cc1ccccc1OC.I. The van der Waals surface area contributed by atoms with Crippen LogP contribution in [0.25, 0.3) is 0 Å². The number of guanidine groups is 1. The summed E-state index contributed by atoms with van der Waals surface area (Å²) in [5.41, 5.74) is 3.50. The van der Waals surface area contributed by atoms with E-state index in [0.29, 0.717) is 6.61 Å². The Hall–Kier alpha value is -1.80. The number of nitrogens with zero attached hydrogens (tertiary/aromatic N) is 2. The van der Waals surface area contributed by atoms with Gasteiger partial charge in [0.15, 0.2) is 5.96 Å². The van der Waals surface area contributed by atoms with Gasteiger partial charge in [-0.1, -0.05) is 42.5 Å². The maximum absolute atomic E-state index is 5.42. The topological polar surface area (TPSA) is 46.1 Å². The Morgan fingerprint density at radius 1 is 1.04 bits per heavy atom. The lowest BCUT2D eigenvalue weighted by Gasteiger charge is -2.23. The monoisotopic (exact) mass is 469 g/mol. The number of hydrogen-bond acceptors (Lipinski definition) is 3. The Morgan fingerprint density at radius 3 is 2.31 bits per heavy atom. The number of para-hydroxylation sites is 1. The quantitative estimate of drug-likeness (QED) is 0.382. The van der Waals surface area contributed by atoms with Crippen LogP contribution in [0.3, 0.4) is 0 Å². The molecule has 6 heteroatoms. The van der Waals surface area contributed by atoms with Gasteiger partial charge in [-0.3, -0.25) is 4.99 Å². The number of methoxy groups -OCH3 is 2. The van der Waals surface area contributed by atoms with Crippen molar-refractivity contribution < 1.29 is 9.47 Å². The van der Waals surface area contributed by atoms with Crippen LogP contribution in [0.1, 0.15) is 16.7 Å². The van der Waals surface area contributed by atoms with Gasteiger partial charge >= 0.3 is 0 Å². The van der Waals surface area contributed by atoms with Crippen LogP contribution in [0.5, 0.6) is 5.75 Å². The lowest BCUT2D eigenvalue weighted by atomic mass is 10.1. The molecular formula is C20H28IN3O2. The molecule has 142 valence electrons. The second kappa shape index (κ2) is 11.7. The van der Waals surface area contributed by atoms with E-state index in [0.717, 1.165) is 30.4 Å². The normalized spacial score (nSPS) is 10.8. The second-order valence-electron chi connectivity index (χ2n) is 5.82. The highest BCUT2D eigenvalue weighted by Crippen LogP contribution is 2.18. The number of halogens is 1. The van der Waals surface area contributed by atoms with Gasteiger partial charge in [0.25, 0.3) is 0 Å². The predicted molar refractivity (Wildman–Crippen MR) is 117 cm³/mol. The highest BCUT2D eigenvalue weighted by molar-refractivity contribution is 14.0. The molecule has 2 rings (SSSR count). The summed E-state index contributed by atoms with van der Waals surface area (Å²) in [5, 5.41) is 3.40. The highest BCUT2D eigenvalue weighted by Gasteiger charge is 2.09. The first-order chi connectivity index (χ1) is 12.2. The fourth-order valence-electron chi connectivity index (χ4n) is 2.65. The van der Waals surface area contributed by atoms with E-state index in [1.54, 1.807) is 21.3 Å². The van der Waals surface area contributed by atoms with E-state index < -0.39 is 0 Å². The van der Waals surface area contributed by atoms with Gasteiger partial charge in [0, 0.05) is 39.9 Å². The lowest BCUT2D eigenvalue weighted by molar-refractivity contribution is 0.185. The van der Waals surface area contributed by atoms with Crippen LogP contribution in [0, 0.1) is 0 Å². The van der Waals surface area contributed by atoms with Crippen LogP contribution < -0.4 is 10.1 Å². The zero-order valence-electron chi connectivity index (χ0n) is 15.9. The third-order valence-corrected chi connectivity index (χ3v) is 3.96. The van der Waals surface area contributed by atoms with Crippen molar-refractivity contribution in [3.8, 4) is 5.75 Å². The summed E-state index contributed by atoms with van der Waals surface area (Å²) in [6, 6.07) is 16.4. The minimum absolute atomic E-state index is 0. The molecule has 2 aromatic carbocycles. The minimum Gasteiger partial charge on any atom is -0.496 e. The molecule has 1 N–H and O–H groups in total. The summed E-state index contributed by atoms with van der Waals surface area (Å²) >= 11 is 0. The molecule has 5 nitrogen and oxygen atoms in total. The maximum atomic E-state index is 5.42. The van der Waals surface area contributed by atoms with Gasteiger partial charge < -0.3 is 19.7 Å². The molecule has 0 aliphatic carbocycles. The minimum atomic E-state index is 0. The first kappa shape index (κ1) is 22.2. The van der Waals surface area contributed by atoms with Crippen LogP contribution in [-0.4, -0.2) is 39.2 Å². The number of aliphatic imine (C=N–C) groups is 1. The molecule has 0 saturated heterocycles. The largest absolute Gasteiger partial charge is 0.496 e. The maximum Gasteiger partial charge on any atom is 0.193 e. The number of nitrogens with one attached hydrogen (secondary N) is 1. The van der Waals surface area contributed by atoms with Gasteiger partial charge in [0.05, 0.1) is 13.7 Å². The molecule has 0 amide bonds. The van der Waals surface area contributed by atoms with E-state index in [-0.39, 0.29) is 24.0 Å². The lowest BCUT2D eigenvalue weighted by Crippen LogP contribution is -2.38. The van der Waals surface area contributed by atoms with Crippen LogP contribution in [0.4, 0.5) is 0 Å². The van der Waals surface area contributed by atoms with Crippen LogP contribution in [0.15, 0.2) is 53.5 Å². The summed E-state index contributed by atoms with van der Waals surface area (Å²) in [4.78, 5) is 6.45. The van der Waals surface area contributed by atoms with Gasteiger partial charge in [-0.15, -0.1) is 24.0 Å². The Morgan fingerprint density at radius 2 is 1.69 bits per heavy atom. The zero-order valence-corrected chi connectivity index (χ0v) is 18.2. The Bertz CT molecular complexity index is 690. The van der Waals surface area contributed by atoms with Crippen LogP contribution in [-0.2, 0) is 24.4 Å². The molecule has 0 spiro atoms. The molecule has 0 heterocycles. The van der Waals surface area contributed by atoms with Gasteiger partial charge in [-0.25, -0.2) is 0 Å². The summed E-state index contributed by atoms with van der Waals surface area (Å²) in [5.74, 6) is 1.73. The third kappa shape index (κ3) is 6.49. The fraction of sp³-hybridized carbons (Fsp3) is 0.350. The number of ether oxygens (including phenoxy) is 2. The average Bonchev–Trinajstić information content (AvgIpc) is 2.64. The van der Waals surface area contributed by atoms with E-state index in [2.05, 4.69) is 45.5 Å². The third-order valence-electron chi connectivity index (χ3n) is 3.96. The number of benzene rings is 2. The Labute approximate surface area is 173 Å². The predicted octanol–water partition coefficient (Wildman–Crippen LogP) is 3.67. The Kier molecular flexibility index (Phi) is 10.0. The van der Waals surface area contributed by atoms with E-state index >= 15 is 0 Å². The van der Waals surface area contributed by atoms with Crippen molar-refractivity contribution in [2.75, 3.05) is 28.3 Å². The molecule has 0 fully saturated rings. The molecule has 0 bridgehead atoms. The molecule has 0 aromatic heterocycles. The number of rotatable bonds is 7. The zero-order chi connectivity index (χ0) is 18.1. The highest BCUT2D eigenvalue weighted by atomic mass is 127. The first-order valence-electron chi connectivity index (χ1n) is 8.28. The van der Waals surface area contributed by atoms with E-state index in [1.807, 2.05) is 25.2 Å². The summed E-state index contributed by atoms with van der Waals surface area (Å²) in [7, 11) is 7.21. The standard InChI is InChI=1S/C20H27N3O2.HI/c1-21-20(22-13-16-9-11-17(12-10-16)15-24-3)23(2)14-18-7-5-6-8-19(18)25-4;/h5-12H,13-15H2,1-4H3,(H,21,22);1H. The smallest absolute Gasteiger partial charge is 0.193 e. The van der Waals surface area contributed by atoms with Gasteiger partial charge in [0.2, 0.25) is 0 Å². The Balaban J connectivity index is 0.00000338. The van der Waals surface area contributed by atoms with E-state index in [4.69, 9.17) is 9.47 Å². The van der Waals surface area contributed by atoms with E-state index in [1.165, 1.54) is 11.1 Å². The second-order valence-corrected chi connectivity index (χ2v) is 5.82. The number of hydrogen-bond donors (Lipinski definition) is 1. The van der Waals surface area contributed by atoms with Crippen molar-refractivity contribution in [3.63, 3.8) is 0 Å². The fourth-order valence-corrected chi connectivity index (χ4v) is 2.65. The van der Waals surface area contributed by atoms with Crippen molar-refractivity contribution in [1.82, 2.24) is 10.2 Å². The van der Waals surface area contributed by atoms with Crippen molar-refractivity contribution in [3.05, 3.63) is 65.2 Å². The summed E-state index contributed by atoms with van der Waals surface area (Å²) in [6.07, 6.45) is 0. The molecule has 26 heavy (non-hydrogen) atoms. The van der Waals surface area contributed by atoms with Crippen LogP contribution >= 0.6 is 24.0 Å². The summed E-state index contributed by atoms with van der Waals surface area (Å²) in [6.45, 7) is 2.07. The van der Waals surface area contributed by atoms with Gasteiger partial charge in [0.1, 0.15) is 5.75 Å². The molecule has 0 aliphatic heterocycles. The molecular weight excluding hydrogens is 441 g/mol. The average molecular weight is 469 g/mol. The molecule has 0 atom stereocenters. The molecule has 0 saturated carbocycles. The van der Waals surface area contributed by atoms with Crippen molar-refractivity contribution in [1.29, 1.82) is 0 Å². The van der Waals surface area contributed by atoms with Crippen molar-refractivity contribution in [2.24, 2.45) is 4.99 Å².